The molecule has 3 rings (SSSR count). The van der Waals surface area contributed by atoms with E-state index in [2.05, 4.69) is 10.4 Å². The van der Waals surface area contributed by atoms with Gasteiger partial charge in [0.25, 0.3) is 5.91 Å². The molecule has 0 aliphatic rings. The van der Waals surface area contributed by atoms with Crippen LogP contribution in [0.4, 0.5) is 5.69 Å². The van der Waals surface area contributed by atoms with E-state index in [4.69, 9.17) is 16.0 Å². The number of carbonyl (C=O) groups excluding carboxylic acids is 1. The number of hydrogen-bond donors (Lipinski definition) is 1. The second-order valence-electron chi connectivity index (χ2n) is 5.38. The highest BCUT2D eigenvalue weighted by Gasteiger charge is 2.12. The van der Waals surface area contributed by atoms with Crippen molar-refractivity contribution in [3.8, 4) is 0 Å². The van der Waals surface area contributed by atoms with Crippen molar-refractivity contribution in [3.63, 3.8) is 0 Å². The number of halogens is 1. The van der Waals surface area contributed by atoms with Gasteiger partial charge >= 0.3 is 0 Å². The van der Waals surface area contributed by atoms with Crippen LogP contribution < -0.4 is 5.32 Å². The smallest absolute Gasteiger partial charge is 0.291 e. The molecule has 1 amide bonds. The van der Waals surface area contributed by atoms with Crippen molar-refractivity contribution in [1.29, 1.82) is 0 Å². The van der Waals surface area contributed by atoms with Gasteiger partial charge in [0.1, 0.15) is 5.76 Å². The molecule has 5 nitrogen and oxygen atoms in total. The topological polar surface area (TPSA) is 60.1 Å². The first-order chi connectivity index (χ1) is 11.0. The van der Waals surface area contributed by atoms with Crippen LogP contribution >= 0.6 is 11.6 Å². The number of furan rings is 1. The molecule has 118 valence electrons. The average molecular weight is 330 g/mol. The van der Waals surface area contributed by atoms with E-state index in [1.807, 2.05) is 32.0 Å². The van der Waals surface area contributed by atoms with Crippen molar-refractivity contribution in [1.82, 2.24) is 9.78 Å². The predicted molar refractivity (Wildman–Crippen MR) is 88.9 cm³/mol. The lowest BCUT2D eigenvalue weighted by atomic mass is 10.1. The van der Waals surface area contributed by atoms with Crippen molar-refractivity contribution in [2.75, 3.05) is 5.32 Å². The summed E-state index contributed by atoms with van der Waals surface area (Å²) < 4.78 is 7.21. The summed E-state index contributed by atoms with van der Waals surface area (Å²) in [4.78, 5) is 12.2. The Bertz CT molecular complexity index is 851. The first-order valence-corrected chi connectivity index (χ1v) is 7.54. The highest BCUT2D eigenvalue weighted by Crippen LogP contribution is 2.17. The lowest BCUT2D eigenvalue weighted by Crippen LogP contribution is -2.11. The van der Waals surface area contributed by atoms with E-state index in [1.54, 1.807) is 29.2 Å². The fourth-order valence-electron chi connectivity index (χ4n) is 2.18. The van der Waals surface area contributed by atoms with Gasteiger partial charge in [0.05, 0.1) is 17.8 Å². The van der Waals surface area contributed by atoms with Crippen molar-refractivity contribution in [2.24, 2.45) is 0 Å². The Kier molecular flexibility index (Phi) is 4.21. The number of nitrogens with zero attached hydrogens (tertiary/aromatic N) is 2. The highest BCUT2D eigenvalue weighted by molar-refractivity contribution is 6.30. The minimum atomic E-state index is -0.280. The SMILES string of the molecule is Cc1ccc(NC(=O)c2ccc(Cn3cc(Cl)cn3)o2)cc1C. The van der Waals surface area contributed by atoms with E-state index in [0.717, 1.165) is 11.3 Å². The summed E-state index contributed by atoms with van der Waals surface area (Å²) in [7, 11) is 0. The fraction of sp³-hybridized carbons (Fsp3) is 0.176. The molecule has 23 heavy (non-hydrogen) atoms. The van der Waals surface area contributed by atoms with E-state index < -0.39 is 0 Å². The Morgan fingerprint density at radius 1 is 1.26 bits per heavy atom. The first-order valence-electron chi connectivity index (χ1n) is 7.16. The maximum absolute atomic E-state index is 12.2. The Labute approximate surface area is 138 Å². The summed E-state index contributed by atoms with van der Waals surface area (Å²) >= 11 is 5.82. The number of anilines is 1. The van der Waals surface area contributed by atoms with E-state index in [1.165, 1.54) is 5.56 Å². The Morgan fingerprint density at radius 2 is 2.09 bits per heavy atom. The number of aryl methyl sites for hydroxylation is 2. The Balaban J connectivity index is 1.69. The molecule has 0 aliphatic heterocycles. The second-order valence-corrected chi connectivity index (χ2v) is 5.81. The van der Waals surface area contributed by atoms with Gasteiger partial charge < -0.3 is 9.73 Å². The second kappa shape index (κ2) is 6.30. The third kappa shape index (κ3) is 3.63. The summed E-state index contributed by atoms with van der Waals surface area (Å²) in [5.74, 6) is 0.615. The van der Waals surface area contributed by atoms with Crippen LogP contribution in [0.3, 0.4) is 0 Å². The van der Waals surface area contributed by atoms with Gasteiger partial charge in [-0.1, -0.05) is 17.7 Å². The Hall–Kier alpha value is -2.53. The van der Waals surface area contributed by atoms with Crippen LogP contribution in [0.25, 0.3) is 0 Å². The third-order valence-corrected chi connectivity index (χ3v) is 3.76. The van der Waals surface area contributed by atoms with Crippen LogP contribution in [-0.2, 0) is 6.54 Å². The van der Waals surface area contributed by atoms with Gasteiger partial charge in [0, 0.05) is 11.9 Å². The molecule has 0 fully saturated rings. The van der Waals surface area contributed by atoms with E-state index in [0.29, 0.717) is 17.3 Å². The molecule has 6 heteroatoms. The zero-order chi connectivity index (χ0) is 16.4. The van der Waals surface area contributed by atoms with Crippen LogP contribution in [0.2, 0.25) is 5.02 Å². The molecule has 0 spiro atoms. The van der Waals surface area contributed by atoms with Crippen LogP contribution in [0.5, 0.6) is 0 Å². The lowest BCUT2D eigenvalue weighted by Gasteiger charge is -2.06. The van der Waals surface area contributed by atoms with Gasteiger partial charge in [-0.2, -0.15) is 5.10 Å². The van der Waals surface area contributed by atoms with Crippen molar-refractivity contribution in [3.05, 3.63) is 70.4 Å². The molecule has 1 N–H and O–H groups in total. The molecular weight excluding hydrogens is 314 g/mol. The van der Waals surface area contributed by atoms with E-state index in [9.17, 15) is 4.79 Å². The van der Waals surface area contributed by atoms with Crippen LogP contribution in [0.1, 0.15) is 27.4 Å². The quantitative estimate of drug-likeness (QED) is 0.785. The minimum Gasteiger partial charge on any atom is -0.454 e. The van der Waals surface area contributed by atoms with Gasteiger partial charge in [-0.25, -0.2) is 0 Å². The number of amides is 1. The number of benzene rings is 1. The number of carbonyl (C=O) groups is 1. The van der Waals surface area contributed by atoms with Gasteiger partial charge in [-0.05, 0) is 49.2 Å². The minimum absolute atomic E-state index is 0.261. The van der Waals surface area contributed by atoms with Gasteiger partial charge in [0.2, 0.25) is 0 Å². The molecule has 0 bridgehead atoms. The van der Waals surface area contributed by atoms with Crippen LogP contribution in [0, 0.1) is 13.8 Å². The maximum atomic E-state index is 12.2. The molecule has 2 aromatic heterocycles. The summed E-state index contributed by atoms with van der Waals surface area (Å²) in [5.41, 5.74) is 3.05. The van der Waals surface area contributed by atoms with Gasteiger partial charge in [-0.15, -0.1) is 0 Å². The summed E-state index contributed by atoms with van der Waals surface area (Å²) in [6.07, 6.45) is 3.25. The molecule has 3 aromatic rings. The molecular formula is C17H16ClN3O2. The molecule has 2 heterocycles. The van der Waals surface area contributed by atoms with E-state index in [-0.39, 0.29) is 11.7 Å². The molecule has 0 saturated carbocycles. The number of hydrogen-bond acceptors (Lipinski definition) is 3. The third-order valence-electron chi connectivity index (χ3n) is 3.57. The lowest BCUT2D eigenvalue weighted by molar-refractivity contribution is 0.0994. The molecule has 0 atom stereocenters. The standard InChI is InChI=1S/C17H16ClN3O2/c1-11-3-4-14(7-12(11)2)20-17(22)16-6-5-15(23-16)10-21-9-13(18)8-19-21/h3-9H,10H2,1-2H3,(H,20,22). The van der Waals surface area contributed by atoms with Crippen LogP contribution in [-0.4, -0.2) is 15.7 Å². The fourth-order valence-corrected chi connectivity index (χ4v) is 2.34. The zero-order valence-electron chi connectivity index (χ0n) is 12.8. The highest BCUT2D eigenvalue weighted by atomic mass is 35.5. The molecule has 1 aromatic carbocycles. The Morgan fingerprint density at radius 3 is 2.78 bits per heavy atom. The largest absolute Gasteiger partial charge is 0.454 e. The molecule has 0 aliphatic carbocycles. The average Bonchev–Trinajstić information content (AvgIpc) is 3.13. The summed E-state index contributed by atoms with van der Waals surface area (Å²) in [5, 5.41) is 7.47. The molecule has 0 radical (unpaired) electrons. The maximum Gasteiger partial charge on any atom is 0.291 e. The van der Waals surface area contributed by atoms with Crippen LogP contribution in [0.15, 0.2) is 47.1 Å². The first kappa shape index (κ1) is 15.4. The predicted octanol–water partition coefficient (Wildman–Crippen LogP) is 4.05. The summed E-state index contributed by atoms with van der Waals surface area (Å²) in [6, 6.07) is 9.18. The van der Waals surface area contributed by atoms with Crippen molar-refractivity contribution in [2.45, 2.75) is 20.4 Å². The normalized spacial score (nSPS) is 10.7. The number of nitrogens with one attached hydrogen (secondary N) is 1. The summed E-state index contributed by atoms with van der Waals surface area (Å²) in [6.45, 7) is 4.45. The number of aromatic nitrogens is 2. The van der Waals surface area contributed by atoms with Gasteiger partial charge in [-0.3, -0.25) is 9.48 Å². The van der Waals surface area contributed by atoms with Gasteiger partial charge in [0.15, 0.2) is 5.76 Å². The number of rotatable bonds is 4. The molecule has 0 unspecified atom stereocenters. The van der Waals surface area contributed by atoms with E-state index >= 15 is 0 Å². The van der Waals surface area contributed by atoms with Crippen molar-refractivity contribution < 1.29 is 9.21 Å². The van der Waals surface area contributed by atoms with Crippen molar-refractivity contribution >= 4 is 23.2 Å². The monoisotopic (exact) mass is 329 g/mol. The zero-order valence-corrected chi connectivity index (χ0v) is 13.6. The molecule has 0 saturated heterocycles.